The van der Waals surface area contributed by atoms with Gasteiger partial charge >= 0.3 is 0 Å². The SMILES string of the molecule is NC(CC(=O)Nc1ccccc1F)c1ccccc1. The van der Waals surface area contributed by atoms with Crippen LogP contribution in [-0.4, -0.2) is 5.91 Å². The summed E-state index contributed by atoms with van der Waals surface area (Å²) in [5.41, 5.74) is 6.99. The summed E-state index contributed by atoms with van der Waals surface area (Å²) in [4.78, 5) is 11.8. The number of anilines is 1. The third kappa shape index (κ3) is 3.63. The Labute approximate surface area is 111 Å². The van der Waals surface area contributed by atoms with Crippen LogP contribution >= 0.6 is 0 Å². The van der Waals surface area contributed by atoms with Crippen LogP contribution in [0.2, 0.25) is 0 Å². The van der Waals surface area contributed by atoms with Gasteiger partial charge in [-0.15, -0.1) is 0 Å². The van der Waals surface area contributed by atoms with Crippen LogP contribution in [0.15, 0.2) is 54.6 Å². The van der Waals surface area contributed by atoms with Gasteiger partial charge in [-0.25, -0.2) is 4.39 Å². The van der Waals surface area contributed by atoms with E-state index in [1.165, 1.54) is 12.1 Å². The first kappa shape index (κ1) is 13.2. The van der Waals surface area contributed by atoms with E-state index in [9.17, 15) is 9.18 Å². The van der Waals surface area contributed by atoms with Crippen molar-refractivity contribution >= 4 is 11.6 Å². The fraction of sp³-hybridized carbons (Fsp3) is 0.133. The molecule has 98 valence electrons. The van der Waals surface area contributed by atoms with Gasteiger partial charge in [0.15, 0.2) is 0 Å². The van der Waals surface area contributed by atoms with Gasteiger partial charge in [0.05, 0.1) is 5.69 Å². The quantitative estimate of drug-likeness (QED) is 0.886. The first-order chi connectivity index (χ1) is 9.16. The summed E-state index contributed by atoms with van der Waals surface area (Å²) in [6.45, 7) is 0. The lowest BCUT2D eigenvalue weighted by molar-refractivity contribution is -0.116. The van der Waals surface area contributed by atoms with Crippen molar-refractivity contribution in [1.82, 2.24) is 0 Å². The zero-order valence-electron chi connectivity index (χ0n) is 10.3. The van der Waals surface area contributed by atoms with Gasteiger partial charge in [-0.1, -0.05) is 42.5 Å². The normalized spacial score (nSPS) is 11.9. The molecule has 1 unspecified atom stereocenters. The van der Waals surface area contributed by atoms with Crippen LogP contribution in [0.1, 0.15) is 18.0 Å². The molecule has 0 aromatic heterocycles. The van der Waals surface area contributed by atoms with Crippen LogP contribution in [0.25, 0.3) is 0 Å². The molecule has 4 heteroatoms. The molecule has 0 fully saturated rings. The number of benzene rings is 2. The highest BCUT2D eigenvalue weighted by atomic mass is 19.1. The number of halogens is 1. The second-order valence-electron chi connectivity index (χ2n) is 4.25. The number of carbonyl (C=O) groups excluding carboxylic acids is 1. The molecule has 1 amide bonds. The predicted molar refractivity (Wildman–Crippen MR) is 73.0 cm³/mol. The molecule has 2 rings (SSSR count). The molecule has 1 atom stereocenters. The summed E-state index contributed by atoms with van der Waals surface area (Å²) in [6.07, 6.45) is 0.109. The summed E-state index contributed by atoms with van der Waals surface area (Å²) in [5, 5.41) is 2.52. The maximum atomic E-state index is 13.4. The van der Waals surface area contributed by atoms with Crippen molar-refractivity contribution < 1.29 is 9.18 Å². The molecule has 0 radical (unpaired) electrons. The Hall–Kier alpha value is -2.20. The van der Waals surface area contributed by atoms with Crippen molar-refractivity contribution in [3.05, 3.63) is 66.0 Å². The molecule has 0 heterocycles. The summed E-state index contributed by atoms with van der Waals surface area (Å²) in [6, 6.07) is 15.0. The van der Waals surface area contributed by atoms with Crippen LogP contribution < -0.4 is 11.1 Å². The van der Waals surface area contributed by atoms with Crippen molar-refractivity contribution in [2.24, 2.45) is 5.73 Å². The highest BCUT2D eigenvalue weighted by Gasteiger charge is 2.12. The number of carbonyl (C=O) groups is 1. The van der Waals surface area contributed by atoms with Crippen molar-refractivity contribution in [3.8, 4) is 0 Å². The minimum atomic E-state index is -0.455. The van der Waals surface area contributed by atoms with Crippen LogP contribution in [0.5, 0.6) is 0 Å². The van der Waals surface area contributed by atoms with E-state index in [0.717, 1.165) is 5.56 Å². The summed E-state index contributed by atoms with van der Waals surface area (Å²) in [5.74, 6) is -0.759. The lowest BCUT2D eigenvalue weighted by atomic mass is 10.0. The molecular formula is C15H15FN2O. The van der Waals surface area contributed by atoms with E-state index in [4.69, 9.17) is 5.73 Å². The average Bonchev–Trinajstić information content (AvgIpc) is 2.42. The second kappa shape index (κ2) is 6.11. The van der Waals surface area contributed by atoms with Gasteiger partial charge in [0.25, 0.3) is 0 Å². The summed E-state index contributed by atoms with van der Waals surface area (Å²) < 4.78 is 13.4. The third-order valence-electron chi connectivity index (χ3n) is 2.78. The Morgan fingerprint density at radius 3 is 2.42 bits per heavy atom. The lowest BCUT2D eigenvalue weighted by Crippen LogP contribution is -2.21. The molecule has 0 aliphatic heterocycles. The average molecular weight is 258 g/mol. The highest BCUT2D eigenvalue weighted by Crippen LogP contribution is 2.16. The Morgan fingerprint density at radius 2 is 1.74 bits per heavy atom. The van der Waals surface area contributed by atoms with E-state index in [1.807, 2.05) is 30.3 Å². The van der Waals surface area contributed by atoms with E-state index in [2.05, 4.69) is 5.32 Å². The van der Waals surface area contributed by atoms with Crippen LogP contribution in [0.4, 0.5) is 10.1 Å². The summed E-state index contributed by atoms with van der Waals surface area (Å²) in [7, 11) is 0. The maximum absolute atomic E-state index is 13.4. The number of nitrogens with one attached hydrogen (secondary N) is 1. The molecule has 0 bridgehead atoms. The van der Waals surface area contributed by atoms with Crippen molar-refractivity contribution in [2.75, 3.05) is 5.32 Å². The molecular weight excluding hydrogens is 243 g/mol. The number of hydrogen-bond donors (Lipinski definition) is 2. The zero-order valence-corrected chi connectivity index (χ0v) is 10.3. The lowest BCUT2D eigenvalue weighted by Gasteiger charge is -2.12. The molecule has 0 saturated carbocycles. The minimum absolute atomic E-state index is 0.109. The molecule has 0 aliphatic carbocycles. The predicted octanol–water partition coefficient (Wildman–Crippen LogP) is 2.85. The van der Waals surface area contributed by atoms with E-state index in [-0.39, 0.29) is 18.0 Å². The molecule has 0 saturated heterocycles. The van der Waals surface area contributed by atoms with Gasteiger partial charge < -0.3 is 11.1 Å². The Balaban J connectivity index is 1.97. The van der Waals surface area contributed by atoms with Crippen molar-refractivity contribution in [2.45, 2.75) is 12.5 Å². The van der Waals surface area contributed by atoms with Crippen LogP contribution in [0, 0.1) is 5.82 Å². The monoisotopic (exact) mass is 258 g/mol. The smallest absolute Gasteiger partial charge is 0.226 e. The fourth-order valence-corrected chi connectivity index (χ4v) is 1.78. The number of amides is 1. The van der Waals surface area contributed by atoms with E-state index >= 15 is 0 Å². The Kier molecular flexibility index (Phi) is 4.26. The number of rotatable bonds is 4. The third-order valence-corrected chi connectivity index (χ3v) is 2.78. The Morgan fingerprint density at radius 1 is 1.11 bits per heavy atom. The van der Waals surface area contributed by atoms with Gasteiger partial charge in [0, 0.05) is 12.5 Å². The topological polar surface area (TPSA) is 55.1 Å². The van der Waals surface area contributed by atoms with E-state index < -0.39 is 11.9 Å². The van der Waals surface area contributed by atoms with Gasteiger partial charge in [0.1, 0.15) is 5.82 Å². The van der Waals surface area contributed by atoms with Crippen LogP contribution in [0.3, 0.4) is 0 Å². The first-order valence-electron chi connectivity index (χ1n) is 6.01. The van der Waals surface area contributed by atoms with Crippen LogP contribution in [-0.2, 0) is 4.79 Å². The van der Waals surface area contributed by atoms with Gasteiger partial charge in [0.2, 0.25) is 5.91 Å². The zero-order chi connectivity index (χ0) is 13.7. The van der Waals surface area contributed by atoms with Gasteiger partial charge in [-0.2, -0.15) is 0 Å². The summed E-state index contributed by atoms with van der Waals surface area (Å²) >= 11 is 0. The fourth-order valence-electron chi connectivity index (χ4n) is 1.78. The van der Waals surface area contributed by atoms with E-state index in [1.54, 1.807) is 12.1 Å². The number of nitrogens with two attached hydrogens (primary N) is 1. The number of hydrogen-bond acceptors (Lipinski definition) is 2. The molecule has 3 nitrogen and oxygen atoms in total. The molecule has 19 heavy (non-hydrogen) atoms. The van der Waals surface area contributed by atoms with E-state index in [0.29, 0.717) is 0 Å². The van der Waals surface area contributed by atoms with Gasteiger partial charge in [-0.3, -0.25) is 4.79 Å². The van der Waals surface area contributed by atoms with Crippen molar-refractivity contribution in [3.63, 3.8) is 0 Å². The maximum Gasteiger partial charge on any atom is 0.226 e. The largest absolute Gasteiger partial charge is 0.324 e. The first-order valence-corrected chi connectivity index (χ1v) is 6.01. The van der Waals surface area contributed by atoms with Crippen molar-refractivity contribution in [1.29, 1.82) is 0 Å². The van der Waals surface area contributed by atoms with Gasteiger partial charge in [-0.05, 0) is 17.7 Å². The molecule has 3 N–H and O–H groups in total. The highest BCUT2D eigenvalue weighted by molar-refractivity contribution is 5.91. The standard InChI is InChI=1S/C15H15FN2O/c16-12-8-4-5-9-14(12)18-15(19)10-13(17)11-6-2-1-3-7-11/h1-9,13H,10,17H2,(H,18,19). The minimum Gasteiger partial charge on any atom is -0.324 e. The molecule has 2 aromatic rings. The molecule has 0 spiro atoms. The second-order valence-corrected chi connectivity index (χ2v) is 4.25. The Bertz CT molecular complexity index is 557. The molecule has 2 aromatic carbocycles. The molecule has 0 aliphatic rings. The number of para-hydroxylation sites is 1.